The summed E-state index contributed by atoms with van der Waals surface area (Å²) in [5.74, 6) is 1.92. The number of hydrogen-bond donors (Lipinski definition) is 0. The Balaban J connectivity index is 1.84. The molecule has 5 rings (SSSR count). The van der Waals surface area contributed by atoms with Gasteiger partial charge in [-0.2, -0.15) is 0 Å². The number of fused-ring (bicyclic) bond motifs is 2. The summed E-state index contributed by atoms with van der Waals surface area (Å²) >= 11 is 0. The average molecular weight is 168 g/mol. The van der Waals surface area contributed by atoms with E-state index < -0.39 is 0 Å². The first-order valence-electron chi connectivity index (χ1n) is 5.24. The molecule has 2 aliphatic carbocycles. The van der Waals surface area contributed by atoms with Crippen molar-refractivity contribution in [3.05, 3.63) is 0 Å². The fraction of sp³-hybridized carbons (Fsp3) is 1.00. The lowest BCUT2D eigenvalue weighted by molar-refractivity contribution is -0.379. The summed E-state index contributed by atoms with van der Waals surface area (Å²) in [5.41, 5.74) is 0. The van der Waals surface area contributed by atoms with Crippen molar-refractivity contribution < 1.29 is 9.78 Å². The molecule has 2 heteroatoms. The molecule has 0 amide bonds. The third-order valence-electron chi connectivity index (χ3n) is 3.84. The zero-order valence-corrected chi connectivity index (χ0v) is 7.37. The van der Waals surface area contributed by atoms with Gasteiger partial charge in [-0.25, -0.2) is 9.78 Å². The van der Waals surface area contributed by atoms with Crippen LogP contribution >= 0.6 is 0 Å². The molecular weight excluding hydrogens is 152 g/mol. The van der Waals surface area contributed by atoms with E-state index in [4.69, 9.17) is 9.78 Å². The third kappa shape index (κ3) is 1.09. The Morgan fingerprint density at radius 2 is 1.17 bits per heavy atom. The molecule has 0 N–H and O–H groups in total. The van der Waals surface area contributed by atoms with E-state index >= 15 is 0 Å². The fourth-order valence-electron chi connectivity index (χ4n) is 3.13. The molecule has 3 unspecified atom stereocenters. The van der Waals surface area contributed by atoms with Crippen molar-refractivity contribution in [2.45, 2.75) is 50.7 Å². The summed E-state index contributed by atoms with van der Waals surface area (Å²) < 4.78 is 0. The highest BCUT2D eigenvalue weighted by molar-refractivity contribution is 4.87. The topological polar surface area (TPSA) is 18.5 Å². The van der Waals surface area contributed by atoms with E-state index in [1.54, 1.807) is 0 Å². The highest BCUT2D eigenvalue weighted by Crippen LogP contribution is 2.44. The van der Waals surface area contributed by atoms with Crippen LogP contribution in [0.4, 0.5) is 0 Å². The second kappa shape index (κ2) is 2.71. The quantitative estimate of drug-likeness (QED) is 0.517. The molecule has 3 saturated heterocycles. The van der Waals surface area contributed by atoms with Gasteiger partial charge in [0.05, 0.1) is 12.2 Å². The number of rotatable bonds is 0. The van der Waals surface area contributed by atoms with Crippen LogP contribution in [0.25, 0.3) is 0 Å². The van der Waals surface area contributed by atoms with E-state index in [1.165, 1.54) is 38.5 Å². The first-order valence-corrected chi connectivity index (χ1v) is 5.24. The minimum Gasteiger partial charge on any atom is -0.233 e. The normalized spacial score (nSPS) is 52.0. The minimum atomic E-state index is 0.425. The van der Waals surface area contributed by atoms with E-state index in [0.29, 0.717) is 12.2 Å². The summed E-state index contributed by atoms with van der Waals surface area (Å²) in [7, 11) is 0. The molecule has 2 nitrogen and oxygen atoms in total. The monoisotopic (exact) mass is 168 g/mol. The minimum absolute atomic E-state index is 0.425. The Labute approximate surface area is 73.2 Å². The van der Waals surface area contributed by atoms with Crippen LogP contribution in [0.15, 0.2) is 0 Å². The Hall–Kier alpha value is -0.0800. The van der Waals surface area contributed by atoms with Gasteiger partial charge in [-0.15, -0.1) is 0 Å². The van der Waals surface area contributed by atoms with Gasteiger partial charge in [-0.05, 0) is 50.4 Å². The van der Waals surface area contributed by atoms with E-state index in [2.05, 4.69) is 0 Å². The van der Waals surface area contributed by atoms with Crippen LogP contribution in [0.2, 0.25) is 0 Å². The van der Waals surface area contributed by atoms with Crippen molar-refractivity contribution in [2.24, 2.45) is 11.8 Å². The molecule has 2 saturated carbocycles. The Bertz CT molecular complexity index is 161. The van der Waals surface area contributed by atoms with E-state index in [0.717, 1.165) is 11.8 Å². The molecule has 68 valence electrons. The maximum absolute atomic E-state index is 5.40. The van der Waals surface area contributed by atoms with E-state index in [9.17, 15) is 0 Å². The summed E-state index contributed by atoms with van der Waals surface area (Å²) in [6.07, 6.45) is 8.60. The summed E-state index contributed by atoms with van der Waals surface area (Å²) in [5, 5.41) is 0. The SMILES string of the molecule is C1CC2C[C@@H]3CCC2CC1OO3. The summed E-state index contributed by atoms with van der Waals surface area (Å²) in [6.45, 7) is 0. The molecule has 5 aliphatic rings. The van der Waals surface area contributed by atoms with Crippen molar-refractivity contribution in [3.8, 4) is 0 Å². The smallest absolute Gasteiger partial charge is 0.0933 e. The van der Waals surface area contributed by atoms with Gasteiger partial charge in [0.25, 0.3) is 0 Å². The lowest BCUT2D eigenvalue weighted by Crippen LogP contribution is -2.40. The Morgan fingerprint density at radius 1 is 0.667 bits per heavy atom. The van der Waals surface area contributed by atoms with Crippen molar-refractivity contribution in [3.63, 3.8) is 0 Å². The van der Waals surface area contributed by atoms with Crippen molar-refractivity contribution in [1.82, 2.24) is 0 Å². The summed E-state index contributed by atoms with van der Waals surface area (Å²) in [6, 6.07) is 0. The molecular formula is C10H16O2. The van der Waals surface area contributed by atoms with Crippen LogP contribution in [0, 0.1) is 11.8 Å². The fourth-order valence-corrected chi connectivity index (χ4v) is 3.13. The molecule has 12 heavy (non-hydrogen) atoms. The van der Waals surface area contributed by atoms with Gasteiger partial charge in [-0.1, -0.05) is 0 Å². The van der Waals surface area contributed by atoms with E-state index in [-0.39, 0.29) is 0 Å². The van der Waals surface area contributed by atoms with Crippen LogP contribution in [0.1, 0.15) is 38.5 Å². The summed E-state index contributed by atoms with van der Waals surface area (Å²) in [4.78, 5) is 10.8. The van der Waals surface area contributed by atoms with Gasteiger partial charge < -0.3 is 0 Å². The molecule has 0 aromatic heterocycles. The molecule has 4 bridgehead atoms. The van der Waals surface area contributed by atoms with Gasteiger partial charge in [0.15, 0.2) is 0 Å². The van der Waals surface area contributed by atoms with Crippen LogP contribution < -0.4 is 0 Å². The lowest BCUT2D eigenvalue weighted by atomic mass is 9.69. The van der Waals surface area contributed by atoms with Crippen molar-refractivity contribution in [1.29, 1.82) is 0 Å². The molecule has 0 aromatic rings. The van der Waals surface area contributed by atoms with Crippen molar-refractivity contribution >= 4 is 0 Å². The maximum Gasteiger partial charge on any atom is 0.0933 e. The van der Waals surface area contributed by atoms with Crippen LogP contribution in [0.5, 0.6) is 0 Å². The lowest BCUT2D eigenvalue weighted by Gasteiger charge is -2.44. The third-order valence-corrected chi connectivity index (χ3v) is 3.84. The van der Waals surface area contributed by atoms with Crippen LogP contribution in [-0.4, -0.2) is 12.2 Å². The zero-order chi connectivity index (χ0) is 7.97. The van der Waals surface area contributed by atoms with Gasteiger partial charge in [0, 0.05) is 0 Å². The van der Waals surface area contributed by atoms with Crippen LogP contribution in [0.3, 0.4) is 0 Å². The second-order valence-corrected chi connectivity index (χ2v) is 4.58. The molecule has 0 spiro atoms. The highest BCUT2D eigenvalue weighted by Gasteiger charge is 2.39. The van der Waals surface area contributed by atoms with Crippen LogP contribution in [-0.2, 0) is 9.78 Å². The average Bonchev–Trinajstić information content (AvgIpc) is 2.07. The van der Waals surface area contributed by atoms with Crippen molar-refractivity contribution in [2.75, 3.05) is 0 Å². The van der Waals surface area contributed by atoms with Gasteiger partial charge in [0.1, 0.15) is 0 Å². The number of hydrogen-bond acceptors (Lipinski definition) is 2. The predicted octanol–water partition coefficient (Wildman–Crippen LogP) is 2.29. The highest BCUT2D eigenvalue weighted by atomic mass is 17.2. The maximum atomic E-state index is 5.40. The van der Waals surface area contributed by atoms with Gasteiger partial charge in [-0.3, -0.25) is 0 Å². The second-order valence-electron chi connectivity index (χ2n) is 4.58. The predicted molar refractivity (Wildman–Crippen MR) is 44.4 cm³/mol. The first kappa shape index (κ1) is 7.34. The molecule has 0 radical (unpaired) electrons. The van der Waals surface area contributed by atoms with Gasteiger partial charge >= 0.3 is 0 Å². The molecule has 3 aliphatic heterocycles. The molecule has 3 heterocycles. The van der Waals surface area contributed by atoms with Gasteiger partial charge in [0.2, 0.25) is 0 Å². The Morgan fingerprint density at radius 3 is 1.67 bits per heavy atom. The van der Waals surface area contributed by atoms with E-state index in [1.807, 2.05) is 0 Å². The zero-order valence-electron chi connectivity index (χ0n) is 7.37. The molecule has 0 aromatic carbocycles. The first-order chi connectivity index (χ1) is 5.92. The molecule has 5 fully saturated rings. The Kier molecular flexibility index (Phi) is 1.66. The molecule has 4 atom stereocenters. The largest absolute Gasteiger partial charge is 0.233 e. The standard InChI is InChI=1S/C10H16O2/c1-3-9-6-8-2-4-10(12-11-9)5-7(1)8/h7-10H,1-6H2/t7?,8?,9-,10?/m0/s1.